The molecule has 4 bridgehead atoms. The number of hydrogen-bond donors (Lipinski definition) is 3. The van der Waals surface area contributed by atoms with Gasteiger partial charge in [-0.3, -0.25) is 0 Å². The van der Waals surface area contributed by atoms with E-state index in [0.717, 1.165) is 23.2 Å². The van der Waals surface area contributed by atoms with Gasteiger partial charge in [-0.2, -0.15) is 0 Å². The number of aliphatic hydroxyl groups excluding tert-OH is 3. The van der Waals surface area contributed by atoms with Gasteiger partial charge in [0.15, 0.2) is 0 Å². The average Bonchev–Trinajstić information content (AvgIpc) is 2.74. The molecule has 0 amide bonds. The largest absolute Gasteiger partial charge is 0.496 e. The highest BCUT2D eigenvalue weighted by Gasteiger charge is 2.47. The molecule has 170 valence electrons. The van der Waals surface area contributed by atoms with E-state index in [0.29, 0.717) is 22.6 Å². The van der Waals surface area contributed by atoms with Crippen LogP contribution >= 0.6 is 11.6 Å². The molecule has 0 radical (unpaired) electrons. The van der Waals surface area contributed by atoms with Crippen molar-refractivity contribution in [2.75, 3.05) is 7.11 Å². The summed E-state index contributed by atoms with van der Waals surface area (Å²) in [5.74, 6) is 4.16. The molecule has 5 atom stereocenters. The van der Waals surface area contributed by atoms with Crippen LogP contribution in [-0.2, 0) is 9.47 Å². The van der Waals surface area contributed by atoms with Gasteiger partial charge in [-0.1, -0.05) is 11.6 Å². The maximum atomic E-state index is 10.3. The van der Waals surface area contributed by atoms with Crippen molar-refractivity contribution in [3.05, 3.63) is 34.4 Å². The maximum absolute atomic E-state index is 10.3. The highest BCUT2D eigenvalue weighted by molar-refractivity contribution is 6.32. The van der Waals surface area contributed by atoms with Crippen LogP contribution in [0.2, 0.25) is 5.02 Å². The van der Waals surface area contributed by atoms with Crippen LogP contribution in [0.3, 0.4) is 0 Å². The smallest absolute Gasteiger partial charge is 0.229 e. The van der Waals surface area contributed by atoms with E-state index in [1.54, 1.807) is 20.1 Å². The van der Waals surface area contributed by atoms with E-state index in [4.69, 9.17) is 25.8 Å². The summed E-state index contributed by atoms with van der Waals surface area (Å²) in [5.41, 5.74) is 2.33. The summed E-state index contributed by atoms with van der Waals surface area (Å²) in [6, 6.07) is 5.51. The molecular weight excluding hydrogens is 420 g/mol. The summed E-state index contributed by atoms with van der Waals surface area (Å²) >= 11 is 6.39. The average molecular weight is 451 g/mol. The van der Waals surface area contributed by atoms with Crippen LogP contribution < -0.4 is 4.74 Å². The molecule has 1 aromatic carbocycles. The van der Waals surface area contributed by atoms with E-state index < -0.39 is 30.7 Å². The molecule has 4 saturated carbocycles. The summed E-state index contributed by atoms with van der Waals surface area (Å²) in [6.07, 6.45) is 0.659. The van der Waals surface area contributed by atoms with Crippen LogP contribution in [-0.4, -0.2) is 53.1 Å². The van der Waals surface area contributed by atoms with E-state index in [9.17, 15) is 15.3 Å². The first-order valence-electron chi connectivity index (χ1n) is 11.3. The lowest BCUT2D eigenvalue weighted by molar-refractivity contribution is -0.268. The molecule has 0 spiro atoms. The second-order valence-electron chi connectivity index (χ2n) is 9.74. The van der Waals surface area contributed by atoms with Gasteiger partial charge in [0.25, 0.3) is 0 Å². The standard InChI is InChI=1S/C24H31ClO6/c1-11-20(26)21(27)22(28)24(30-11)31-18-10-14(3-4-17(18)25)23(29-2)19-15-6-12-5-13(8-15)9-16(19)7-12/h3-4,10-13,15-16,20-22,24,26-28H,5-9H2,1-2H3. The number of aliphatic hydroxyl groups is 3. The number of hydrogen-bond acceptors (Lipinski definition) is 6. The number of methoxy groups -OCH3 is 1. The van der Waals surface area contributed by atoms with E-state index in [1.807, 2.05) is 12.1 Å². The zero-order valence-corrected chi connectivity index (χ0v) is 18.7. The lowest BCUT2D eigenvalue weighted by Gasteiger charge is -2.51. The van der Waals surface area contributed by atoms with Gasteiger partial charge in [-0.15, -0.1) is 0 Å². The SMILES string of the molecule is COC(=C1C2CC3CC(C2)CC1C3)c1ccc(Cl)c(OC2OC(C)C(O)C(O)C2O)c1. The first-order valence-corrected chi connectivity index (χ1v) is 11.7. The Kier molecular flexibility index (Phi) is 5.72. The van der Waals surface area contributed by atoms with Gasteiger partial charge in [0.1, 0.15) is 29.8 Å². The Morgan fingerprint density at radius 3 is 2.23 bits per heavy atom. The number of rotatable bonds is 4. The first kappa shape index (κ1) is 21.5. The Morgan fingerprint density at radius 2 is 1.61 bits per heavy atom. The van der Waals surface area contributed by atoms with Crippen molar-refractivity contribution in [3.8, 4) is 5.75 Å². The van der Waals surface area contributed by atoms with E-state index >= 15 is 0 Å². The third kappa shape index (κ3) is 3.76. The van der Waals surface area contributed by atoms with Crippen LogP contribution in [0, 0.1) is 23.7 Å². The Bertz CT molecular complexity index is 840. The Balaban J connectivity index is 1.44. The van der Waals surface area contributed by atoms with Crippen LogP contribution in [0.1, 0.15) is 44.6 Å². The molecule has 0 aromatic heterocycles. The van der Waals surface area contributed by atoms with E-state index in [2.05, 4.69) is 0 Å². The fraction of sp³-hybridized carbons (Fsp3) is 0.667. The minimum atomic E-state index is -1.39. The molecular formula is C24H31ClO6. The lowest BCUT2D eigenvalue weighted by atomic mass is 9.54. The third-order valence-electron chi connectivity index (χ3n) is 7.73. The van der Waals surface area contributed by atoms with Crippen molar-refractivity contribution in [3.63, 3.8) is 0 Å². The first-order chi connectivity index (χ1) is 14.9. The van der Waals surface area contributed by atoms with Crippen LogP contribution in [0.25, 0.3) is 5.76 Å². The number of allylic oxidation sites excluding steroid dienone is 1. The van der Waals surface area contributed by atoms with Crippen molar-refractivity contribution in [2.24, 2.45) is 23.7 Å². The zero-order valence-electron chi connectivity index (χ0n) is 17.9. The van der Waals surface area contributed by atoms with Crippen molar-refractivity contribution in [1.29, 1.82) is 0 Å². The van der Waals surface area contributed by atoms with Gasteiger partial charge in [0.05, 0.1) is 18.2 Å². The third-order valence-corrected chi connectivity index (χ3v) is 8.04. The summed E-state index contributed by atoms with van der Waals surface area (Å²) in [5, 5.41) is 30.7. The molecule has 31 heavy (non-hydrogen) atoms. The van der Waals surface area contributed by atoms with Crippen molar-refractivity contribution in [2.45, 2.75) is 69.7 Å². The van der Waals surface area contributed by atoms with Crippen LogP contribution in [0.4, 0.5) is 0 Å². The second-order valence-corrected chi connectivity index (χ2v) is 10.1. The Labute approximate surface area is 187 Å². The molecule has 1 aliphatic heterocycles. The molecule has 6 nitrogen and oxygen atoms in total. The molecule has 1 saturated heterocycles. The topological polar surface area (TPSA) is 88.4 Å². The monoisotopic (exact) mass is 450 g/mol. The minimum absolute atomic E-state index is 0.345. The van der Waals surface area contributed by atoms with Gasteiger partial charge in [0, 0.05) is 5.56 Å². The fourth-order valence-electron chi connectivity index (χ4n) is 6.44. The fourth-order valence-corrected chi connectivity index (χ4v) is 6.60. The predicted molar refractivity (Wildman–Crippen MR) is 115 cm³/mol. The highest BCUT2D eigenvalue weighted by Crippen LogP contribution is 2.58. The summed E-state index contributed by atoms with van der Waals surface area (Å²) in [4.78, 5) is 0. The molecule has 6 rings (SSSR count). The van der Waals surface area contributed by atoms with Gasteiger partial charge in [0.2, 0.25) is 6.29 Å². The summed E-state index contributed by atoms with van der Waals surface area (Å²) in [7, 11) is 1.72. The molecule has 5 fully saturated rings. The zero-order chi connectivity index (χ0) is 21.9. The van der Waals surface area contributed by atoms with Crippen molar-refractivity contribution in [1.82, 2.24) is 0 Å². The lowest BCUT2D eigenvalue weighted by Crippen LogP contribution is -2.58. The molecule has 5 aliphatic rings. The normalized spacial score (nSPS) is 41.4. The van der Waals surface area contributed by atoms with Crippen molar-refractivity contribution >= 4 is 17.4 Å². The highest BCUT2D eigenvalue weighted by atomic mass is 35.5. The molecule has 4 aliphatic carbocycles. The van der Waals surface area contributed by atoms with E-state index in [1.165, 1.54) is 37.7 Å². The number of ether oxygens (including phenoxy) is 3. The Morgan fingerprint density at radius 1 is 0.968 bits per heavy atom. The minimum Gasteiger partial charge on any atom is -0.496 e. The van der Waals surface area contributed by atoms with Gasteiger partial charge >= 0.3 is 0 Å². The second kappa shape index (κ2) is 8.23. The predicted octanol–water partition coefficient (Wildman–Crippen LogP) is 3.36. The molecule has 5 unspecified atom stereocenters. The number of halogens is 1. The molecule has 3 N–H and O–H groups in total. The molecule has 1 aromatic rings. The number of benzene rings is 1. The van der Waals surface area contributed by atoms with Gasteiger partial charge in [-0.25, -0.2) is 0 Å². The van der Waals surface area contributed by atoms with Crippen LogP contribution in [0.5, 0.6) is 5.75 Å². The summed E-state index contributed by atoms with van der Waals surface area (Å²) < 4.78 is 17.4. The van der Waals surface area contributed by atoms with Crippen molar-refractivity contribution < 1.29 is 29.5 Å². The Hall–Kier alpha value is -1.31. The summed E-state index contributed by atoms with van der Waals surface area (Å²) in [6.45, 7) is 1.62. The molecule has 1 heterocycles. The van der Waals surface area contributed by atoms with Gasteiger partial charge in [-0.05, 0) is 86.5 Å². The molecule has 7 heteroatoms. The maximum Gasteiger partial charge on any atom is 0.229 e. The quantitative estimate of drug-likeness (QED) is 0.609. The van der Waals surface area contributed by atoms with Crippen LogP contribution in [0.15, 0.2) is 23.8 Å². The van der Waals surface area contributed by atoms with E-state index in [-0.39, 0.29) is 0 Å². The van der Waals surface area contributed by atoms with Gasteiger partial charge < -0.3 is 29.5 Å².